The molecule has 3 rings (SSSR count). The van der Waals surface area contributed by atoms with Gasteiger partial charge in [0.05, 0.1) is 19.8 Å². The summed E-state index contributed by atoms with van der Waals surface area (Å²) >= 11 is 0. The Balaban J connectivity index is 1.74. The summed E-state index contributed by atoms with van der Waals surface area (Å²) in [5, 5.41) is 85.5. The minimum absolute atomic E-state index is 0.254. The average molecular weight is 672 g/mol. The third-order valence-electron chi connectivity index (χ3n) is 8.49. The van der Waals surface area contributed by atoms with Gasteiger partial charge in [0.15, 0.2) is 18.9 Å². The van der Waals surface area contributed by atoms with Crippen molar-refractivity contribution in [2.75, 3.05) is 33.5 Å². The normalized spacial score (nSPS) is 41.8. The van der Waals surface area contributed by atoms with Crippen LogP contribution in [-0.2, 0) is 38.0 Å². The monoisotopic (exact) mass is 671 g/mol. The average Bonchev–Trinajstić information content (AvgIpc) is 3.03. The van der Waals surface area contributed by atoms with Crippen molar-refractivity contribution in [1.29, 1.82) is 0 Å². The third kappa shape index (κ3) is 9.96. The van der Waals surface area contributed by atoms with Crippen molar-refractivity contribution in [2.45, 2.75) is 144 Å². The summed E-state index contributed by atoms with van der Waals surface area (Å²) in [6, 6.07) is -1.34. The first-order valence-electron chi connectivity index (χ1n) is 15.9. The molecule has 0 saturated carbocycles. The zero-order valence-corrected chi connectivity index (χ0v) is 26.6. The second kappa shape index (κ2) is 19.2. The molecule has 3 aliphatic heterocycles. The predicted octanol–water partition coefficient (Wildman–Crippen LogP) is -3.39. The molecule has 1 amide bonds. The molecular formula is C29H53NO16. The Kier molecular flexibility index (Phi) is 16.4. The number of aliphatic hydroxyl groups excluding tert-OH is 8. The van der Waals surface area contributed by atoms with Gasteiger partial charge in [-0.3, -0.25) is 4.79 Å². The number of amides is 1. The number of aliphatic hydroxyl groups is 8. The molecule has 0 aliphatic carbocycles. The van der Waals surface area contributed by atoms with E-state index in [0.717, 1.165) is 32.1 Å². The highest BCUT2D eigenvalue weighted by Gasteiger charge is 2.53. The fourth-order valence-corrected chi connectivity index (χ4v) is 5.80. The third-order valence-corrected chi connectivity index (χ3v) is 8.49. The van der Waals surface area contributed by atoms with Crippen LogP contribution in [0, 0.1) is 0 Å². The molecular weight excluding hydrogens is 618 g/mol. The van der Waals surface area contributed by atoms with Crippen LogP contribution in [0.4, 0.5) is 0 Å². The Hall–Kier alpha value is -1.13. The molecule has 15 atom stereocenters. The quantitative estimate of drug-likeness (QED) is 0.0683. The minimum Gasteiger partial charge on any atom is -0.394 e. The maximum Gasteiger partial charge on any atom is 0.217 e. The Bertz CT molecular complexity index is 888. The van der Waals surface area contributed by atoms with Crippen LogP contribution in [0.1, 0.15) is 52.4 Å². The number of methoxy groups -OCH3 is 1. The van der Waals surface area contributed by atoms with Crippen molar-refractivity contribution in [1.82, 2.24) is 5.32 Å². The molecule has 9 N–H and O–H groups in total. The number of rotatable bonds is 17. The first-order valence-corrected chi connectivity index (χ1v) is 15.9. The molecule has 0 radical (unpaired) electrons. The predicted molar refractivity (Wildman–Crippen MR) is 155 cm³/mol. The van der Waals surface area contributed by atoms with Gasteiger partial charge in [-0.25, -0.2) is 0 Å². The SMILES string of the molecule is CCCCCCCCO[C@@H]1O[C@H](CO[C@@H]2O[C@H](CO)[C@@H](O)[C@H](OC)[C@@H]2O[C@@H]2O[C@H](CO)[C@@H](O)[C@H](O)[C@H]2NC(C)=O)[C@@H](O)[C@H](O)[C@H]1O. The van der Waals surface area contributed by atoms with Gasteiger partial charge in [0.25, 0.3) is 0 Å². The van der Waals surface area contributed by atoms with Crippen molar-refractivity contribution in [3.05, 3.63) is 0 Å². The van der Waals surface area contributed by atoms with Gasteiger partial charge in [-0.2, -0.15) is 0 Å². The maximum atomic E-state index is 11.9. The van der Waals surface area contributed by atoms with Gasteiger partial charge in [0.2, 0.25) is 5.91 Å². The maximum absolute atomic E-state index is 11.9. The van der Waals surface area contributed by atoms with Gasteiger partial charge in [0, 0.05) is 20.6 Å². The van der Waals surface area contributed by atoms with Crippen molar-refractivity contribution < 1.29 is 78.8 Å². The van der Waals surface area contributed by atoms with Crippen LogP contribution in [0.2, 0.25) is 0 Å². The Morgan fingerprint density at radius 3 is 1.89 bits per heavy atom. The summed E-state index contributed by atoms with van der Waals surface area (Å²) in [6.45, 7) is 1.73. The van der Waals surface area contributed by atoms with E-state index >= 15 is 0 Å². The molecule has 17 nitrogen and oxygen atoms in total. The van der Waals surface area contributed by atoms with Crippen LogP contribution < -0.4 is 5.32 Å². The smallest absolute Gasteiger partial charge is 0.217 e. The highest BCUT2D eigenvalue weighted by atomic mass is 16.8. The second-order valence-corrected chi connectivity index (χ2v) is 11.9. The van der Waals surface area contributed by atoms with E-state index in [4.69, 9.17) is 33.2 Å². The van der Waals surface area contributed by atoms with Crippen LogP contribution in [0.15, 0.2) is 0 Å². The largest absolute Gasteiger partial charge is 0.394 e. The summed E-state index contributed by atoms with van der Waals surface area (Å²) in [5.74, 6) is -0.593. The zero-order chi connectivity index (χ0) is 34.0. The molecule has 0 spiro atoms. The second-order valence-electron chi connectivity index (χ2n) is 11.9. The van der Waals surface area contributed by atoms with E-state index in [0.29, 0.717) is 6.42 Å². The van der Waals surface area contributed by atoms with Crippen molar-refractivity contribution in [3.8, 4) is 0 Å². The van der Waals surface area contributed by atoms with E-state index < -0.39 is 118 Å². The Labute approximate surface area is 268 Å². The molecule has 270 valence electrons. The molecule has 0 bridgehead atoms. The van der Waals surface area contributed by atoms with Gasteiger partial charge in [0.1, 0.15) is 73.2 Å². The molecule has 3 heterocycles. The van der Waals surface area contributed by atoms with Crippen molar-refractivity contribution >= 4 is 5.91 Å². The summed E-state index contributed by atoms with van der Waals surface area (Å²) in [6.07, 6.45) is -14.0. The van der Waals surface area contributed by atoms with E-state index in [1.54, 1.807) is 0 Å². The standard InChI is InChI=1S/C29H53NO16/c1-4-5-6-7-8-9-10-41-28-24(39)23(38)20(35)17(45-28)13-42-29-26(25(40-3)21(36)16(12-32)44-29)46-27-18(30-14(2)33)22(37)19(34)15(11-31)43-27/h15-29,31-32,34-39H,4-13H2,1-3H3,(H,30,33)/t15-,16-,17-,18-,19-,20-,21-,22-,23+,24-,25+,26+,27+,28-,29-/m1/s1. The van der Waals surface area contributed by atoms with E-state index in [2.05, 4.69) is 12.2 Å². The lowest BCUT2D eigenvalue weighted by Gasteiger charge is -2.48. The first kappa shape index (κ1) is 39.3. The summed E-state index contributed by atoms with van der Waals surface area (Å²) < 4.78 is 40.3. The number of hydrogen-bond acceptors (Lipinski definition) is 16. The van der Waals surface area contributed by atoms with Gasteiger partial charge in [-0.15, -0.1) is 0 Å². The van der Waals surface area contributed by atoms with Crippen LogP contribution in [-0.4, -0.2) is 172 Å². The van der Waals surface area contributed by atoms with Gasteiger partial charge in [-0.1, -0.05) is 39.0 Å². The van der Waals surface area contributed by atoms with Crippen LogP contribution in [0.25, 0.3) is 0 Å². The summed E-state index contributed by atoms with van der Waals surface area (Å²) in [4.78, 5) is 11.9. The van der Waals surface area contributed by atoms with Crippen molar-refractivity contribution in [2.24, 2.45) is 0 Å². The number of carbonyl (C=O) groups excluding carboxylic acids is 1. The fraction of sp³-hybridized carbons (Fsp3) is 0.966. The highest BCUT2D eigenvalue weighted by Crippen LogP contribution is 2.32. The highest BCUT2D eigenvalue weighted by molar-refractivity contribution is 5.73. The lowest BCUT2D eigenvalue weighted by atomic mass is 9.95. The topological polar surface area (TPSA) is 256 Å². The van der Waals surface area contributed by atoms with E-state index in [1.165, 1.54) is 14.0 Å². The number of carbonyl (C=O) groups is 1. The van der Waals surface area contributed by atoms with Crippen LogP contribution in [0.3, 0.4) is 0 Å². The van der Waals surface area contributed by atoms with E-state index in [-0.39, 0.29) is 6.61 Å². The number of hydrogen-bond donors (Lipinski definition) is 9. The van der Waals surface area contributed by atoms with Crippen LogP contribution in [0.5, 0.6) is 0 Å². The van der Waals surface area contributed by atoms with Crippen LogP contribution >= 0.6 is 0 Å². The lowest BCUT2D eigenvalue weighted by Crippen LogP contribution is -2.68. The number of nitrogens with one attached hydrogen (secondary N) is 1. The first-order chi connectivity index (χ1) is 22.0. The summed E-state index contributed by atoms with van der Waals surface area (Å²) in [5.41, 5.74) is 0. The van der Waals surface area contributed by atoms with Gasteiger partial charge < -0.3 is 79.3 Å². The van der Waals surface area contributed by atoms with E-state index in [1.807, 2.05) is 0 Å². The molecule has 0 unspecified atom stereocenters. The molecule has 17 heteroatoms. The van der Waals surface area contributed by atoms with Gasteiger partial charge >= 0.3 is 0 Å². The Morgan fingerprint density at radius 1 is 0.674 bits per heavy atom. The molecule has 3 saturated heterocycles. The number of unbranched alkanes of at least 4 members (excludes halogenated alkanes) is 5. The minimum atomic E-state index is -1.63. The molecule has 46 heavy (non-hydrogen) atoms. The lowest BCUT2D eigenvalue weighted by molar-refractivity contribution is -0.365. The summed E-state index contributed by atoms with van der Waals surface area (Å²) in [7, 11) is 1.25. The fourth-order valence-electron chi connectivity index (χ4n) is 5.80. The zero-order valence-electron chi connectivity index (χ0n) is 26.6. The van der Waals surface area contributed by atoms with Crippen molar-refractivity contribution in [3.63, 3.8) is 0 Å². The van der Waals surface area contributed by atoms with Gasteiger partial charge in [-0.05, 0) is 6.42 Å². The molecule has 0 aromatic heterocycles. The molecule has 0 aromatic rings. The molecule has 3 fully saturated rings. The Morgan fingerprint density at radius 2 is 1.26 bits per heavy atom. The molecule has 3 aliphatic rings. The number of ether oxygens (including phenoxy) is 7. The van der Waals surface area contributed by atoms with E-state index in [9.17, 15) is 45.6 Å². The molecule has 0 aromatic carbocycles.